The number of hydrogen-bond acceptors (Lipinski definition) is 1. The van der Waals surface area contributed by atoms with E-state index in [1.165, 1.54) is 22.3 Å². The number of nitrogens with zero attached hydrogens (tertiary/aromatic N) is 1. The Kier molecular flexibility index (Phi) is 1.76. The van der Waals surface area contributed by atoms with E-state index in [4.69, 9.17) is 0 Å². The molecule has 0 amide bonds. The molecule has 1 nitrogen and oxygen atoms in total. The Bertz CT molecular complexity index is 567. The van der Waals surface area contributed by atoms with E-state index in [2.05, 4.69) is 50.0 Å². The van der Waals surface area contributed by atoms with E-state index >= 15 is 0 Å². The number of benzene rings is 1. The van der Waals surface area contributed by atoms with E-state index in [1.54, 1.807) is 0 Å². The standard InChI is InChI=1S/C15H15N/c1-10-6-4-7-11-13(10)15(2,3)12-8-5-9-16-14(11)12/h4-9H,1-3H3. The molecule has 0 atom stereocenters. The van der Waals surface area contributed by atoms with Gasteiger partial charge in [-0.2, -0.15) is 0 Å². The summed E-state index contributed by atoms with van der Waals surface area (Å²) in [4.78, 5) is 4.54. The molecule has 0 N–H and O–H groups in total. The highest BCUT2D eigenvalue weighted by Gasteiger charge is 2.36. The predicted molar refractivity (Wildman–Crippen MR) is 66.5 cm³/mol. The van der Waals surface area contributed by atoms with Crippen LogP contribution in [0.1, 0.15) is 30.5 Å². The number of aryl methyl sites for hydroxylation is 1. The highest BCUT2D eigenvalue weighted by Crippen LogP contribution is 2.48. The summed E-state index contributed by atoms with van der Waals surface area (Å²) in [5.41, 5.74) is 6.69. The highest BCUT2D eigenvalue weighted by molar-refractivity contribution is 5.78. The summed E-state index contributed by atoms with van der Waals surface area (Å²) in [7, 11) is 0. The average Bonchev–Trinajstić information content (AvgIpc) is 2.50. The molecule has 0 bridgehead atoms. The molecule has 0 spiro atoms. The van der Waals surface area contributed by atoms with Gasteiger partial charge in [-0.1, -0.05) is 38.1 Å². The second-order valence-electron chi connectivity index (χ2n) is 5.02. The summed E-state index contributed by atoms with van der Waals surface area (Å²) < 4.78 is 0. The van der Waals surface area contributed by atoms with Crippen molar-refractivity contribution < 1.29 is 0 Å². The lowest BCUT2D eigenvalue weighted by Crippen LogP contribution is -2.16. The summed E-state index contributed by atoms with van der Waals surface area (Å²) in [6, 6.07) is 10.7. The fraction of sp³-hybridized carbons (Fsp3) is 0.267. The van der Waals surface area contributed by atoms with Gasteiger partial charge in [-0.15, -0.1) is 0 Å². The normalized spacial score (nSPS) is 15.7. The minimum Gasteiger partial charge on any atom is -0.256 e. The minimum atomic E-state index is 0.0876. The first-order valence-electron chi connectivity index (χ1n) is 5.68. The molecular formula is C15H15N. The first kappa shape index (κ1) is 9.59. The summed E-state index contributed by atoms with van der Waals surface area (Å²) in [6.07, 6.45) is 1.88. The molecule has 16 heavy (non-hydrogen) atoms. The molecule has 0 unspecified atom stereocenters. The van der Waals surface area contributed by atoms with Crippen molar-refractivity contribution in [2.45, 2.75) is 26.2 Å². The lowest BCUT2D eigenvalue weighted by atomic mass is 9.81. The van der Waals surface area contributed by atoms with Gasteiger partial charge in [0.15, 0.2) is 0 Å². The van der Waals surface area contributed by atoms with Crippen LogP contribution in [0.5, 0.6) is 0 Å². The maximum absolute atomic E-state index is 4.54. The van der Waals surface area contributed by atoms with Gasteiger partial charge in [0.05, 0.1) is 5.69 Å². The first-order valence-corrected chi connectivity index (χ1v) is 5.68. The van der Waals surface area contributed by atoms with E-state index in [0.717, 1.165) is 5.69 Å². The predicted octanol–water partition coefficient (Wildman–Crippen LogP) is 3.70. The van der Waals surface area contributed by atoms with Crippen LogP contribution < -0.4 is 0 Å². The van der Waals surface area contributed by atoms with Gasteiger partial charge in [0.2, 0.25) is 0 Å². The first-order chi connectivity index (χ1) is 7.62. The molecule has 0 saturated heterocycles. The number of hydrogen-bond donors (Lipinski definition) is 0. The minimum absolute atomic E-state index is 0.0876. The third kappa shape index (κ3) is 1.03. The zero-order chi connectivity index (χ0) is 11.3. The Morgan fingerprint density at radius 1 is 1.06 bits per heavy atom. The zero-order valence-electron chi connectivity index (χ0n) is 9.91. The third-order valence-electron chi connectivity index (χ3n) is 3.63. The second-order valence-corrected chi connectivity index (χ2v) is 5.02. The van der Waals surface area contributed by atoms with E-state index in [-0.39, 0.29) is 5.41 Å². The van der Waals surface area contributed by atoms with Gasteiger partial charge in [0.25, 0.3) is 0 Å². The molecule has 3 rings (SSSR count). The van der Waals surface area contributed by atoms with Crippen molar-refractivity contribution in [2.24, 2.45) is 0 Å². The van der Waals surface area contributed by atoms with Crippen molar-refractivity contribution in [3.63, 3.8) is 0 Å². The second kappa shape index (κ2) is 2.94. The van der Waals surface area contributed by atoms with Crippen LogP contribution in [0, 0.1) is 6.92 Å². The monoisotopic (exact) mass is 209 g/mol. The molecule has 1 aliphatic rings. The fourth-order valence-corrected chi connectivity index (χ4v) is 2.95. The van der Waals surface area contributed by atoms with E-state index in [1.807, 2.05) is 12.3 Å². The smallest absolute Gasteiger partial charge is 0.0745 e. The molecule has 1 aromatic carbocycles. The molecule has 2 aromatic rings. The number of rotatable bonds is 0. The van der Waals surface area contributed by atoms with Gasteiger partial charge >= 0.3 is 0 Å². The molecule has 1 aromatic heterocycles. The Labute approximate surface area is 96.2 Å². The van der Waals surface area contributed by atoms with Crippen LogP contribution in [0.25, 0.3) is 11.3 Å². The number of fused-ring (bicyclic) bond motifs is 3. The Morgan fingerprint density at radius 3 is 2.69 bits per heavy atom. The van der Waals surface area contributed by atoms with Crippen LogP contribution in [-0.2, 0) is 5.41 Å². The lowest BCUT2D eigenvalue weighted by Gasteiger charge is -2.22. The number of pyridine rings is 1. The van der Waals surface area contributed by atoms with Crippen LogP contribution >= 0.6 is 0 Å². The Balaban J connectivity index is 2.44. The van der Waals surface area contributed by atoms with Gasteiger partial charge in [-0.25, -0.2) is 0 Å². The quantitative estimate of drug-likeness (QED) is 0.644. The van der Waals surface area contributed by atoms with Crippen LogP contribution in [0.4, 0.5) is 0 Å². The molecule has 0 radical (unpaired) electrons. The SMILES string of the molecule is Cc1cccc2c1C(C)(C)c1cccnc1-2. The lowest BCUT2D eigenvalue weighted by molar-refractivity contribution is 0.654. The molecule has 1 heteroatoms. The van der Waals surface area contributed by atoms with Gasteiger partial charge in [-0.05, 0) is 29.7 Å². The fourth-order valence-electron chi connectivity index (χ4n) is 2.95. The molecule has 1 heterocycles. The summed E-state index contributed by atoms with van der Waals surface area (Å²) >= 11 is 0. The number of aromatic nitrogens is 1. The van der Waals surface area contributed by atoms with Crippen LogP contribution in [-0.4, -0.2) is 4.98 Å². The van der Waals surface area contributed by atoms with Crippen molar-refractivity contribution >= 4 is 0 Å². The van der Waals surface area contributed by atoms with Crippen molar-refractivity contribution in [1.82, 2.24) is 4.98 Å². The zero-order valence-corrected chi connectivity index (χ0v) is 9.91. The maximum atomic E-state index is 4.54. The molecule has 0 saturated carbocycles. The van der Waals surface area contributed by atoms with Crippen LogP contribution in [0.2, 0.25) is 0 Å². The molecular weight excluding hydrogens is 194 g/mol. The van der Waals surface area contributed by atoms with Crippen molar-refractivity contribution in [3.05, 3.63) is 53.2 Å². The van der Waals surface area contributed by atoms with Crippen LogP contribution in [0.3, 0.4) is 0 Å². The molecule has 0 aliphatic heterocycles. The van der Waals surface area contributed by atoms with Gasteiger partial charge in [-0.3, -0.25) is 4.98 Å². The molecule has 0 fully saturated rings. The summed E-state index contributed by atoms with van der Waals surface area (Å²) in [5, 5.41) is 0. The van der Waals surface area contributed by atoms with E-state index < -0.39 is 0 Å². The van der Waals surface area contributed by atoms with E-state index in [0.29, 0.717) is 0 Å². The van der Waals surface area contributed by atoms with E-state index in [9.17, 15) is 0 Å². The summed E-state index contributed by atoms with van der Waals surface area (Å²) in [6.45, 7) is 6.76. The van der Waals surface area contributed by atoms with Gasteiger partial charge in [0, 0.05) is 17.2 Å². The topological polar surface area (TPSA) is 12.9 Å². The Morgan fingerprint density at radius 2 is 1.88 bits per heavy atom. The highest BCUT2D eigenvalue weighted by atomic mass is 14.7. The van der Waals surface area contributed by atoms with Gasteiger partial charge in [0.1, 0.15) is 0 Å². The summed E-state index contributed by atoms with van der Waals surface area (Å²) in [5.74, 6) is 0. The van der Waals surface area contributed by atoms with Crippen LogP contribution in [0.15, 0.2) is 36.5 Å². The average molecular weight is 209 g/mol. The van der Waals surface area contributed by atoms with Gasteiger partial charge < -0.3 is 0 Å². The largest absolute Gasteiger partial charge is 0.256 e. The maximum Gasteiger partial charge on any atom is 0.0745 e. The molecule has 80 valence electrons. The third-order valence-corrected chi connectivity index (χ3v) is 3.63. The van der Waals surface area contributed by atoms with Crippen molar-refractivity contribution in [2.75, 3.05) is 0 Å². The van der Waals surface area contributed by atoms with Crippen molar-refractivity contribution in [3.8, 4) is 11.3 Å². The molecule has 1 aliphatic carbocycles. The van der Waals surface area contributed by atoms with Crippen molar-refractivity contribution in [1.29, 1.82) is 0 Å². The Hall–Kier alpha value is -1.63.